The highest BCUT2D eigenvalue weighted by Crippen LogP contribution is 2.22. The lowest BCUT2D eigenvalue weighted by Crippen LogP contribution is -2.56. The van der Waals surface area contributed by atoms with E-state index in [1.165, 1.54) is 0 Å². The maximum absolute atomic E-state index is 5.82. The van der Waals surface area contributed by atoms with Crippen LogP contribution in [0.2, 0.25) is 0 Å². The van der Waals surface area contributed by atoms with Crippen molar-refractivity contribution in [3.05, 3.63) is 30.9 Å². The summed E-state index contributed by atoms with van der Waals surface area (Å²) in [6, 6.07) is 4.37. The molecule has 24 heavy (non-hydrogen) atoms. The molecule has 1 aliphatic heterocycles. The van der Waals surface area contributed by atoms with Crippen molar-refractivity contribution in [2.24, 2.45) is 5.73 Å². The molecule has 8 heteroatoms. The molecule has 1 aliphatic rings. The summed E-state index contributed by atoms with van der Waals surface area (Å²) in [5.74, 6) is 2.13. The van der Waals surface area contributed by atoms with Crippen LogP contribution in [0.1, 0.15) is 19.9 Å². The monoisotopic (exact) mass is 324 g/mol. The van der Waals surface area contributed by atoms with Crippen LogP contribution in [-0.2, 0) is 0 Å². The van der Waals surface area contributed by atoms with Crippen molar-refractivity contribution in [3.63, 3.8) is 0 Å². The molecule has 0 spiro atoms. The number of fused-ring (bicyclic) bond motifs is 1. The molecule has 0 aliphatic carbocycles. The summed E-state index contributed by atoms with van der Waals surface area (Å²) in [7, 11) is 0. The van der Waals surface area contributed by atoms with Crippen LogP contribution in [0.25, 0.3) is 11.0 Å². The number of nitrogens with two attached hydrogens (primary N) is 1. The number of rotatable bonds is 4. The van der Waals surface area contributed by atoms with Crippen molar-refractivity contribution in [3.8, 4) is 0 Å². The van der Waals surface area contributed by atoms with Gasteiger partial charge in [-0.25, -0.2) is 15.0 Å². The van der Waals surface area contributed by atoms with Crippen molar-refractivity contribution in [2.45, 2.75) is 25.9 Å². The summed E-state index contributed by atoms with van der Waals surface area (Å²) in [6.07, 6.45) is 5.36. The number of imidazole rings is 1. The maximum Gasteiger partial charge on any atom is 0.227 e. The highest BCUT2D eigenvalue weighted by molar-refractivity contribution is 5.78. The van der Waals surface area contributed by atoms with E-state index in [9.17, 15) is 0 Å². The van der Waals surface area contributed by atoms with Gasteiger partial charge in [0.2, 0.25) is 5.95 Å². The molecule has 0 saturated carbocycles. The molecular weight excluding hydrogens is 304 g/mol. The zero-order valence-electron chi connectivity index (χ0n) is 13.7. The first kappa shape index (κ1) is 14.8. The minimum atomic E-state index is 0.214. The summed E-state index contributed by atoms with van der Waals surface area (Å²) >= 11 is 0. The first-order valence-electron chi connectivity index (χ1n) is 8.03. The molecule has 8 nitrogen and oxygen atoms in total. The molecule has 0 bridgehead atoms. The summed E-state index contributed by atoms with van der Waals surface area (Å²) in [6.45, 7) is 5.84. The van der Waals surface area contributed by atoms with Crippen LogP contribution in [0.3, 0.4) is 0 Å². The largest absolute Gasteiger partial charge is 0.338 e. The molecule has 3 aromatic rings. The van der Waals surface area contributed by atoms with Gasteiger partial charge in [-0.15, -0.1) is 0 Å². The Hall–Kier alpha value is -2.74. The van der Waals surface area contributed by atoms with Gasteiger partial charge in [-0.1, -0.05) is 0 Å². The highest BCUT2D eigenvalue weighted by Gasteiger charge is 2.25. The number of hydrogen-bond acceptors (Lipinski definition) is 7. The van der Waals surface area contributed by atoms with Gasteiger partial charge in [-0.05, 0) is 19.9 Å². The van der Waals surface area contributed by atoms with Gasteiger partial charge in [0.25, 0.3) is 0 Å². The number of anilines is 3. The van der Waals surface area contributed by atoms with E-state index >= 15 is 0 Å². The first-order chi connectivity index (χ1) is 11.6. The summed E-state index contributed by atoms with van der Waals surface area (Å²) in [5, 5.41) is 3.25. The Bertz CT molecular complexity index is 865. The Labute approximate surface area is 139 Å². The molecule has 4 rings (SSSR count). The van der Waals surface area contributed by atoms with Gasteiger partial charge in [-0.3, -0.25) is 0 Å². The minimum absolute atomic E-state index is 0.214. The predicted octanol–water partition coefficient (Wildman–Crippen LogP) is 1.69. The fraction of sp³-hybridized carbons (Fsp3) is 0.375. The molecule has 0 atom stereocenters. The van der Waals surface area contributed by atoms with Gasteiger partial charge in [0.15, 0.2) is 0 Å². The lowest BCUT2D eigenvalue weighted by atomic mass is 10.1. The van der Waals surface area contributed by atoms with Crippen LogP contribution in [0.4, 0.5) is 17.6 Å². The molecule has 3 aromatic heterocycles. The standard InChI is InChI=1S/C16H20N8/c1-10(2)24-9-20-12-6-19-15(5-13(12)24)21-14-3-4-18-16(22-14)23-7-11(17)8-23/h3-6,9-11H,7-8,17H2,1-2H3,(H,18,19,21,22). The van der Waals surface area contributed by atoms with Gasteiger partial charge in [0.1, 0.15) is 17.2 Å². The van der Waals surface area contributed by atoms with E-state index in [1.807, 2.05) is 18.5 Å². The van der Waals surface area contributed by atoms with Gasteiger partial charge < -0.3 is 20.5 Å². The second-order valence-electron chi connectivity index (χ2n) is 6.34. The third-order valence-corrected chi connectivity index (χ3v) is 4.11. The van der Waals surface area contributed by atoms with E-state index in [4.69, 9.17) is 5.73 Å². The second-order valence-corrected chi connectivity index (χ2v) is 6.34. The molecular formula is C16H20N8. The van der Waals surface area contributed by atoms with Crippen molar-refractivity contribution < 1.29 is 0 Å². The fourth-order valence-corrected chi connectivity index (χ4v) is 2.79. The average Bonchev–Trinajstić information content (AvgIpc) is 2.95. The SMILES string of the molecule is CC(C)n1cnc2cnc(Nc3ccnc(N4CC(N)C4)n3)cc21. The van der Waals surface area contributed by atoms with Crippen LogP contribution in [-0.4, -0.2) is 43.6 Å². The van der Waals surface area contributed by atoms with E-state index in [0.717, 1.165) is 29.9 Å². The van der Waals surface area contributed by atoms with Gasteiger partial charge in [0.05, 0.1) is 18.0 Å². The van der Waals surface area contributed by atoms with Gasteiger partial charge >= 0.3 is 0 Å². The summed E-state index contributed by atoms with van der Waals surface area (Å²) in [5.41, 5.74) is 7.75. The maximum atomic E-state index is 5.82. The van der Waals surface area contributed by atoms with Crippen LogP contribution < -0.4 is 16.0 Å². The number of hydrogen-bond donors (Lipinski definition) is 2. The molecule has 0 unspecified atom stereocenters. The van der Waals surface area contributed by atoms with Crippen LogP contribution in [0.15, 0.2) is 30.9 Å². The Morgan fingerprint density at radius 1 is 1.21 bits per heavy atom. The lowest BCUT2D eigenvalue weighted by molar-refractivity contribution is 0.509. The number of aromatic nitrogens is 5. The summed E-state index contributed by atoms with van der Waals surface area (Å²) < 4.78 is 2.12. The molecule has 0 amide bonds. The molecule has 124 valence electrons. The molecule has 1 fully saturated rings. The Morgan fingerprint density at radius 2 is 2.04 bits per heavy atom. The number of pyridine rings is 1. The molecule has 1 saturated heterocycles. The minimum Gasteiger partial charge on any atom is -0.338 e. The van der Waals surface area contributed by atoms with Crippen LogP contribution in [0.5, 0.6) is 0 Å². The Balaban J connectivity index is 1.60. The van der Waals surface area contributed by atoms with Crippen molar-refractivity contribution in [1.82, 2.24) is 24.5 Å². The van der Waals surface area contributed by atoms with E-state index in [2.05, 4.69) is 48.6 Å². The molecule has 3 N–H and O–H groups in total. The predicted molar refractivity (Wildman–Crippen MR) is 93.4 cm³/mol. The Kier molecular flexibility index (Phi) is 3.53. The van der Waals surface area contributed by atoms with Crippen molar-refractivity contribution >= 4 is 28.6 Å². The fourth-order valence-electron chi connectivity index (χ4n) is 2.79. The lowest BCUT2D eigenvalue weighted by Gasteiger charge is -2.36. The van der Waals surface area contributed by atoms with Crippen LogP contribution >= 0.6 is 0 Å². The summed E-state index contributed by atoms with van der Waals surface area (Å²) in [4.78, 5) is 19.7. The van der Waals surface area contributed by atoms with E-state index in [0.29, 0.717) is 17.8 Å². The van der Waals surface area contributed by atoms with Gasteiger partial charge in [-0.2, -0.15) is 4.98 Å². The third-order valence-electron chi connectivity index (χ3n) is 4.11. The molecule has 4 heterocycles. The second kappa shape index (κ2) is 5.72. The number of nitrogens with zero attached hydrogens (tertiary/aromatic N) is 6. The molecule has 0 radical (unpaired) electrons. The molecule has 0 aromatic carbocycles. The quantitative estimate of drug-likeness (QED) is 0.753. The van der Waals surface area contributed by atoms with E-state index < -0.39 is 0 Å². The van der Waals surface area contributed by atoms with Gasteiger partial charge in [0, 0.05) is 37.4 Å². The zero-order chi connectivity index (χ0) is 16.7. The first-order valence-corrected chi connectivity index (χ1v) is 8.03. The van der Waals surface area contributed by atoms with Crippen LogP contribution in [0, 0.1) is 0 Å². The van der Waals surface area contributed by atoms with E-state index in [1.54, 1.807) is 12.4 Å². The smallest absolute Gasteiger partial charge is 0.227 e. The average molecular weight is 324 g/mol. The van der Waals surface area contributed by atoms with Crippen molar-refractivity contribution in [1.29, 1.82) is 0 Å². The Morgan fingerprint density at radius 3 is 2.79 bits per heavy atom. The number of nitrogens with one attached hydrogen (secondary N) is 1. The van der Waals surface area contributed by atoms with Crippen molar-refractivity contribution in [2.75, 3.05) is 23.3 Å². The third kappa shape index (κ3) is 2.65. The normalized spacial score (nSPS) is 15.1. The topological polar surface area (TPSA) is 97.8 Å². The van der Waals surface area contributed by atoms with E-state index in [-0.39, 0.29) is 6.04 Å². The highest BCUT2D eigenvalue weighted by atomic mass is 15.3. The zero-order valence-corrected chi connectivity index (χ0v) is 13.7.